The van der Waals surface area contributed by atoms with Crippen molar-refractivity contribution in [3.63, 3.8) is 0 Å². The molecule has 7 nitrogen and oxygen atoms in total. The van der Waals surface area contributed by atoms with E-state index in [4.69, 9.17) is 4.98 Å². The molecule has 4 rings (SSSR count). The van der Waals surface area contributed by atoms with Gasteiger partial charge in [-0.1, -0.05) is 30.3 Å². The van der Waals surface area contributed by atoms with Crippen molar-refractivity contribution in [3.05, 3.63) is 67.0 Å². The third kappa shape index (κ3) is 3.85. The van der Waals surface area contributed by atoms with Crippen LogP contribution in [0.2, 0.25) is 0 Å². The Labute approximate surface area is 155 Å². The highest BCUT2D eigenvalue weighted by atomic mass is 32.2. The Bertz CT molecular complexity index is 914. The molecule has 1 N–H and O–H groups in total. The summed E-state index contributed by atoms with van der Waals surface area (Å²) >= 11 is 1.68. The number of imidazole rings is 1. The van der Waals surface area contributed by atoms with Crippen LogP contribution < -0.4 is 0 Å². The van der Waals surface area contributed by atoms with Gasteiger partial charge >= 0.3 is 0 Å². The second kappa shape index (κ2) is 8.01. The first-order valence-electron chi connectivity index (χ1n) is 8.45. The van der Waals surface area contributed by atoms with Crippen LogP contribution in [0.1, 0.15) is 5.69 Å². The Morgan fingerprint density at radius 3 is 2.77 bits per heavy atom. The van der Waals surface area contributed by atoms with Gasteiger partial charge in [-0.25, -0.2) is 4.98 Å². The fourth-order valence-electron chi connectivity index (χ4n) is 2.86. The molecule has 0 radical (unpaired) electrons. The molecule has 132 valence electrons. The van der Waals surface area contributed by atoms with E-state index in [1.54, 1.807) is 18.0 Å². The van der Waals surface area contributed by atoms with Gasteiger partial charge in [0.2, 0.25) is 0 Å². The van der Waals surface area contributed by atoms with Gasteiger partial charge in [0, 0.05) is 48.9 Å². The molecule has 0 aliphatic rings. The van der Waals surface area contributed by atoms with E-state index in [9.17, 15) is 0 Å². The van der Waals surface area contributed by atoms with Gasteiger partial charge in [-0.15, -0.1) is 16.9 Å². The van der Waals surface area contributed by atoms with Crippen LogP contribution in [-0.4, -0.2) is 40.5 Å². The van der Waals surface area contributed by atoms with Crippen LogP contribution in [0.15, 0.2) is 66.3 Å². The summed E-state index contributed by atoms with van der Waals surface area (Å²) in [5, 5.41) is 15.8. The maximum atomic E-state index is 4.69. The molecule has 0 amide bonds. The zero-order chi connectivity index (χ0) is 17.6. The maximum Gasteiger partial charge on any atom is 0.138 e. The summed E-state index contributed by atoms with van der Waals surface area (Å²) in [6.07, 6.45) is 8.35. The summed E-state index contributed by atoms with van der Waals surface area (Å²) in [5.74, 6) is 0.909. The molecule has 26 heavy (non-hydrogen) atoms. The molecule has 3 aromatic heterocycles. The van der Waals surface area contributed by atoms with Gasteiger partial charge in [0.15, 0.2) is 0 Å². The van der Waals surface area contributed by atoms with Crippen LogP contribution in [0.25, 0.3) is 11.3 Å². The average molecular weight is 365 g/mol. The number of nitrogens with one attached hydrogen (secondary N) is 1. The van der Waals surface area contributed by atoms with Crippen molar-refractivity contribution in [3.8, 4) is 11.3 Å². The highest BCUT2D eigenvalue weighted by Gasteiger charge is 2.13. The molecule has 4 aromatic rings. The Morgan fingerprint density at radius 1 is 1.08 bits per heavy atom. The number of aromatic nitrogens is 7. The van der Waals surface area contributed by atoms with E-state index in [1.807, 2.05) is 47.7 Å². The molecule has 8 heteroatoms. The Morgan fingerprint density at radius 2 is 2.00 bits per heavy atom. The summed E-state index contributed by atoms with van der Waals surface area (Å²) in [4.78, 5) is 4.69. The quantitative estimate of drug-likeness (QED) is 0.486. The maximum absolute atomic E-state index is 4.69. The van der Waals surface area contributed by atoms with Crippen LogP contribution in [0.4, 0.5) is 0 Å². The predicted molar refractivity (Wildman–Crippen MR) is 101 cm³/mol. The molecule has 0 saturated carbocycles. The van der Waals surface area contributed by atoms with E-state index in [-0.39, 0.29) is 0 Å². The van der Waals surface area contributed by atoms with E-state index in [0.717, 1.165) is 41.5 Å². The Kier molecular flexibility index (Phi) is 5.11. The SMILES string of the molecule is c1ccc(-c2ncn(CCSc3cn[nH]n3)c2CCn2cccn2)cc1. The van der Waals surface area contributed by atoms with Gasteiger partial charge < -0.3 is 4.57 Å². The molecule has 0 fully saturated rings. The molecule has 0 saturated heterocycles. The number of nitrogens with zero attached hydrogens (tertiary/aromatic N) is 6. The molecule has 0 bridgehead atoms. The van der Waals surface area contributed by atoms with Gasteiger partial charge in [0.05, 0.1) is 18.2 Å². The lowest BCUT2D eigenvalue weighted by Crippen LogP contribution is -2.09. The lowest BCUT2D eigenvalue weighted by atomic mass is 10.1. The number of aryl methyl sites for hydroxylation is 2. The van der Waals surface area contributed by atoms with E-state index in [2.05, 4.69) is 37.2 Å². The third-order valence-electron chi connectivity index (χ3n) is 4.11. The van der Waals surface area contributed by atoms with Gasteiger partial charge in [-0.3, -0.25) is 4.68 Å². The fourth-order valence-corrected chi connectivity index (χ4v) is 3.59. The highest BCUT2D eigenvalue weighted by molar-refractivity contribution is 7.99. The zero-order valence-electron chi connectivity index (χ0n) is 14.2. The van der Waals surface area contributed by atoms with Gasteiger partial charge in [-0.05, 0) is 6.07 Å². The minimum absolute atomic E-state index is 0.828. The number of thioether (sulfide) groups is 1. The zero-order valence-corrected chi connectivity index (χ0v) is 15.0. The van der Waals surface area contributed by atoms with Gasteiger partial charge in [0.25, 0.3) is 0 Å². The van der Waals surface area contributed by atoms with E-state index in [1.165, 1.54) is 5.69 Å². The lowest BCUT2D eigenvalue weighted by Gasteiger charge is -2.10. The van der Waals surface area contributed by atoms with Crippen molar-refractivity contribution in [2.75, 3.05) is 5.75 Å². The van der Waals surface area contributed by atoms with Crippen LogP contribution in [0.5, 0.6) is 0 Å². The second-order valence-corrected chi connectivity index (χ2v) is 6.89. The second-order valence-electron chi connectivity index (χ2n) is 5.78. The van der Waals surface area contributed by atoms with E-state index < -0.39 is 0 Å². The molecule has 0 aliphatic heterocycles. The minimum atomic E-state index is 0.828. The smallest absolute Gasteiger partial charge is 0.138 e. The average Bonchev–Trinajstić information content (AvgIpc) is 3.43. The normalized spacial score (nSPS) is 11.1. The van der Waals surface area contributed by atoms with Crippen LogP contribution >= 0.6 is 11.8 Å². The van der Waals surface area contributed by atoms with E-state index in [0.29, 0.717) is 0 Å². The summed E-state index contributed by atoms with van der Waals surface area (Å²) in [6.45, 7) is 1.70. The largest absolute Gasteiger partial charge is 0.333 e. The molecule has 0 spiro atoms. The molecular formula is C18H19N7S. The first-order valence-corrected chi connectivity index (χ1v) is 9.44. The summed E-state index contributed by atoms with van der Waals surface area (Å²) in [6, 6.07) is 12.3. The first kappa shape index (κ1) is 16.6. The van der Waals surface area contributed by atoms with Gasteiger partial charge in [-0.2, -0.15) is 15.4 Å². The molecule has 0 aliphatic carbocycles. The monoisotopic (exact) mass is 365 g/mol. The number of rotatable bonds is 8. The van der Waals surface area contributed by atoms with Crippen molar-refractivity contribution in [1.29, 1.82) is 0 Å². The van der Waals surface area contributed by atoms with Crippen molar-refractivity contribution in [2.24, 2.45) is 0 Å². The number of benzene rings is 1. The standard InChI is InChI=1S/C18H19N7S/c1-2-5-15(6-3-1)18-16(7-10-25-9-4-8-21-25)24(14-19-18)11-12-26-17-13-20-23-22-17/h1-6,8-9,13-14H,7,10-12H2,(H,20,22,23). The summed E-state index contributed by atoms with van der Waals surface area (Å²) in [5.41, 5.74) is 3.42. The van der Waals surface area contributed by atoms with Crippen molar-refractivity contribution in [2.45, 2.75) is 24.5 Å². The van der Waals surface area contributed by atoms with Crippen molar-refractivity contribution >= 4 is 11.8 Å². The predicted octanol–water partition coefficient (Wildman–Crippen LogP) is 2.90. The third-order valence-corrected chi connectivity index (χ3v) is 4.98. The van der Waals surface area contributed by atoms with Crippen LogP contribution in [0.3, 0.4) is 0 Å². The molecular weight excluding hydrogens is 346 g/mol. The lowest BCUT2D eigenvalue weighted by molar-refractivity contribution is 0.589. The van der Waals surface area contributed by atoms with E-state index >= 15 is 0 Å². The molecule has 3 heterocycles. The minimum Gasteiger partial charge on any atom is -0.333 e. The Balaban J connectivity index is 1.53. The van der Waals surface area contributed by atoms with Crippen LogP contribution in [-0.2, 0) is 19.5 Å². The fraction of sp³-hybridized carbons (Fsp3) is 0.222. The number of H-pyrrole nitrogens is 1. The first-order chi connectivity index (χ1) is 12.9. The Hall–Kier alpha value is -2.87. The van der Waals surface area contributed by atoms with Gasteiger partial charge in [0.1, 0.15) is 5.03 Å². The topological polar surface area (TPSA) is 77.2 Å². The number of aromatic amines is 1. The van der Waals surface area contributed by atoms with Crippen molar-refractivity contribution in [1.82, 2.24) is 34.7 Å². The summed E-state index contributed by atoms with van der Waals surface area (Å²) < 4.78 is 4.19. The van der Waals surface area contributed by atoms with Crippen LogP contribution in [0, 0.1) is 0 Å². The summed E-state index contributed by atoms with van der Waals surface area (Å²) in [7, 11) is 0. The molecule has 0 unspecified atom stereocenters. The molecule has 0 atom stereocenters. The highest BCUT2D eigenvalue weighted by Crippen LogP contribution is 2.24. The number of hydrogen-bond donors (Lipinski definition) is 1. The van der Waals surface area contributed by atoms with Crippen molar-refractivity contribution < 1.29 is 0 Å². The number of hydrogen-bond acceptors (Lipinski definition) is 5. The molecule has 1 aromatic carbocycles.